The third kappa shape index (κ3) is 7.39. The standard InChI is InChI=1S/C28H34FN3O4/c1-5-16-35-20-23(33)18-31(15-17-34-4)19-24-27(21(2)3)30-32(22-11-7-6-8-12-22)28(24)36-26-14-10-9-13-25(26)29/h1,6-14,21,23,33H,15-20H2,2-4H3. The molecule has 0 saturated heterocycles. The monoisotopic (exact) mass is 495 g/mol. The number of hydrogen-bond acceptors (Lipinski definition) is 6. The molecule has 0 aliphatic carbocycles. The van der Waals surface area contributed by atoms with Crippen LogP contribution in [0.1, 0.15) is 31.0 Å². The summed E-state index contributed by atoms with van der Waals surface area (Å²) >= 11 is 0. The molecule has 1 atom stereocenters. The summed E-state index contributed by atoms with van der Waals surface area (Å²) in [6, 6.07) is 15.9. The van der Waals surface area contributed by atoms with Gasteiger partial charge in [-0.05, 0) is 30.2 Å². The van der Waals surface area contributed by atoms with Crippen molar-refractivity contribution in [1.29, 1.82) is 0 Å². The highest BCUT2D eigenvalue weighted by atomic mass is 19.1. The fraction of sp³-hybridized carbons (Fsp3) is 0.393. The molecule has 2 aromatic carbocycles. The summed E-state index contributed by atoms with van der Waals surface area (Å²) in [5, 5.41) is 15.4. The largest absolute Gasteiger partial charge is 0.435 e. The smallest absolute Gasteiger partial charge is 0.227 e. The molecule has 0 amide bonds. The summed E-state index contributed by atoms with van der Waals surface area (Å²) in [6.07, 6.45) is 4.48. The topological polar surface area (TPSA) is 69.0 Å². The lowest BCUT2D eigenvalue weighted by Gasteiger charge is -2.25. The summed E-state index contributed by atoms with van der Waals surface area (Å²) in [6.45, 7) is 6.09. The summed E-state index contributed by atoms with van der Waals surface area (Å²) < 4.78 is 33.1. The van der Waals surface area contributed by atoms with Gasteiger partial charge in [-0.3, -0.25) is 4.90 Å². The number of aliphatic hydroxyl groups excluding tert-OH is 1. The van der Waals surface area contributed by atoms with Gasteiger partial charge in [-0.25, -0.2) is 9.07 Å². The molecular weight excluding hydrogens is 461 g/mol. The number of aromatic nitrogens is 2. The van der Waals surface area contributed by atoms with Crippen molar-refractivity contribution in [2.45, 2.75) is 32.4 Å². The molecule has 1 N–H and O–H groups in total. The first-order chi connectivity index (χ1) is 17.4. The maximum Gasteiger partial charge on any atom is 0.227 e. The Hall–Kier alpha value is -3.22. The number of rotatable bonds is 14. The van der Waals surface area contributed by atoms with Crippen molar-refractivity contribution in [2.75, 3.05) is 40.0 Å². The normalized spacial score (nSPS) is 12.2. The lowest BCUT2D eigenvalue weighted by Crippen LogP contribution is -2.37. The van der Waals surface area contributed by atoms with Crippen molar-refractivity contribution >= 4 is 0 Å². The van der Waals surface area contributed by atoms with Crippen LogP contribution >= 0.6 is 0 Å². The van der Waals surface area contributed by atoms with Gasteiger partial charge in [0.1, 0.15) is 6.61 Å². The van der Waals surface area contributed by atoms with E-state index in [-0.39, 0.29) is 24.9 Å². The average molecular weight is 496 g/mol. The molecule has 0 saturated carbocycles. The minimum absolute atomic E-state index is 0.0705. The first-order valence-electron chi connectivity index (χ1n) is 11.9. The Morgan fingerprint density at radius 2 is 1.86 bits per heavy atom. The van der Waals surface area contributed by atoms with E-state index in [1.54, 1.807) is 30.0 Å². The number of ether oxygens (including phenoxy) is 3. The van der Waals surface area contributed by atoms with Crippen LogP contribution in [-0.4, -0.2) is 65.9 Å². The zero-order valence-electron chi connectivity index (χ0n) is 21.1. The van der Waals surface area contributed by atoms with Crippen molar-refractivity contribution in [1.82, 2.24) is 14.7 Å². The van der Waals surface area contributed by atoms with E-state index >= 15 is 0 Å². The fourth-order valence-electron chi connectivity index (χ4n) is 3.83. The molecule has 0 fully saturated rings. The second-order valence-corrected chi connectivity index (χ2v) is 8.70. The SMILES string of the molecule is C#CCOCC(O)CN(CCOC)Cc1c(C(C)C)nn(-c2ccccc2)c1Oc1ccccc1F. The van der Waals surface area contributed by atoms with Crippen LogP contribution < -0.4 is 4.74 Å². The van der Waals surface area contributed by atoms with E-state index in [2.05, 4.69) is 19.8 Å². The van der Waals surface area contributed by atoms with E-state index in [1.165, 1.54) is 6.07 Å². The molecule has 0 spiro atoms. The van der Waals surface area contributed by atoms with Crippen molar-refractivity contribution in [2.24, 2.45) is 0 Å². The van der Waals surface area contributed by atoms with E-state index in [4.69, 9.17) is 25.7 Å². The van der Waals surface area contributed by atoms with Gasteiger partial charge in [0.2, 0.25) is 5.88 Å². The highest BCUT2D eigenvalue weighted by Gasteiger charge is 2.26. The third-order valence-electron chi connectivity index (χ3n) is 5.52. The lowest BCUT2D eigenvalue weighted by atomic mass is 10.1. The molecule has 8 heteroatoms. The molecule has 192 valence electrons. The number of halogens is 1. The maximum atomic E-state index is 14.6. The third-order valence-corrected chi connectivity index (χ3v) is 5.52. The summed E-state index contributed by atoms with van der Waals surface area (Å²) in [5.74, 6) is 2.54. The maximum absolute atomic E-state index is 14.6. The Kier molecular flexibility index (Phi) is 10.5. The van der Waals surface area contributed by atoms with Crippen LogP contribution in [-0.2, 0) is 16.0 Å². The molecule has 0 aliphatic rings. The second kappa shape index (κ2) is 13.8. The van der Waals surface area contributed by atoms with Gasteiger partial charge in [0.15, 0.2) is 11.6 Å². The molecular formula is C28H34FN3O4. The molecule has 3 aromatic rings. The van der Waals surface area contributed by atoms with Crippen molar-refractivity contribution in [3.05, 3.63) is 71.7 Å². The van der Waals surface area contributed by atoms with Crippen LogP contribution in [0.5, 0.6) is 11.6 Å². The van der Waals surface area contributed by atoms with Gasteiger partial charge in [0, 0.05) is 26.7 Å². The summed E-state index contributed by atoms with van der Waals surface area (Å²) in [5.41, 5.74) is 2.43. The van der Waals surface area contributed by atoms with Crippen LogP contribution in [0.3, 0.4) is 0 Å². The van der Waals surface area contributed by atoms with Crippen LogP contribution in [0.4, 0.5) is 4.39 Å². The predicted molar refractivity (Wildman–Crippen MR) is 137 cm³/mol. The lowest BCUT2D eigenvalue weighted by molar-refractivity contribution is 0.0205. The first-order valence-corrected chi connectivity index (χ1v) is 11.9. The minimum atomic E-state index is -0.752. The van der Waals surface area contributed by atoms with Crippen molar-refractivity contribution in [3.63, 3.8) is 0 Å². The second-order valence-electron chi connectivity index (χ2n) is 8.70. The number of nitrogens with zero attached hydrogens (tertiary/aromatic N) is 3. The van der Waals surface area contributed by atoms with E-state index in [9.17, 15) is 9.50 Å². The molecule has 7 nitrogen and oxygen atoms in total. The predicted octanol–water partition coefficient (Wildman–Crippen LogP) is 4.39. The highest BCUT2D eigenvalue weighted by molar-refractivity contribution is 5.44. The molecule has 0 aliphatic heterocycles. The number of methoxy groups -OCH3 is 1. The van der Waals surface area contributed by atoms with E-state index in [1.807, 2.05) is 35.2 Å². The van der Waals surface area contributed by atoms with Crippen LogP contribution in [0.15, 0.2) is 54.6 Å². The number of hydrogen-bond donors (Lipinski definition) is 1. The molecule has 36 heavy (non-hydrogen) atoms. The molecule has 3 rings (SSSR count). The van der Waals surface area contributed by atoms with Gasteiger partial charge in [0.25, 0.3) is 0 Å². The zero-order valence-corrected chi connectivity index (χ0v) is 21.1. The molecule has 1 aromatic heterocycles. The molecule has 0 bridgehead atoms. The molecule has 1 heterocycles. The minimum Gasteiger partial charge on any atom is -0.435 e. The Morgan fingerprint density at radius 1 is 1.14 bits per heavy atom. The summed E-state index contributed by atoms with van der Waals surface area (Å²) in [4.78, 5) is 2.04. The van der Waals surface area contributed by atoms with Gasteiger partial charge in [0.05, 0.1) is 36.3 Å². The van der Waals surface area contributed by atoms with E-state index in [0.717, 1.165) is 16.9 Å². The molecule has 1 unspecified atom stereocenters. The van der Waals surface area contributed by atoms with E-state index in [0.29, 0.717) is 32.1 Å². The van der Waals surface area contributed by atoms with Gasteiger partial charge < -0.3 is 19.3 Å². The van der Waals surface area contributed by atoms with Crippen molar-refractivity contribution in [3.8, 4) is 29.7 Å². The number of benzene rings is 2. The highest BCUT2D eigenvalue weighted by Crippen LogP contribution is 2.35. The fourth-order valence-corrected chi connectivity index (χ4v) is 3.83. The van der Waals surface area contributed by atoms with Crippen molar-refractivity contribution < 1.29 is 23.7 Å². The number of terminal acetylenes is 1. The van der Waals surface area contributed by atoms with Gasteiger partial charge in [-0.15, -0.1) is 6.42 Å². The average Bonchev–Trinajstić information content (AvgIpc) is 3.22. The van der Waals surface area contributed by atoms with Crippen LogP contribution in [0.25, 0.3) is 5.69 Å². The zero-order chi connectivity index (χ0) is 25.9. The quantitative estimate of drug-likeness (QED) is 0.264. The first kappa shape index (κ1) is 27.4. The molecule has 0 radical (unpaired) electrons. The van der Waals surface area contributed by atoms with Crippen LogP contribution in [0, 0.1) is 18.2 Å². The van der Waals surface area contributed by atoms with E-state index < -0.39 is 11.9 Å². The Bertz CT molecular complexity index is 1130. The van der Waals surface area contributed by atoms with Gasteiger partial charge in [-0.2, -0.15) is 5.10 Å². The van der Waals surface area contributed by atoms with Crippen LogP contribution in [0.2, 0.25) is 0 Å². The van der Waals surface area contributed by atoms with Gasteiger partial charge in [-0.1, -0.05) is 50.1 Å². The number of para-hydroxylation sites is 2. The Labute approximate surface area is 212 Å². The Morgan fingerprint density at radius 3 is 2.53 bits per heavy atom. The Balaban J connectivity index is 2.03. The summed E-state index contributed by atoms with van der Waals surface area (Å²) in [7, 11) is 1.63. The number of aliphatic hydroxyl groups is 1. The van der Waals surface area contributed by atoms with Gasteiger partial charge >= 0.3 is 0 Å².